The number of hydrogen-bond acceptors (Lipinski definition) is 1. The van der Waals surface area contributed by atoms with Crippen LogP contribution in [0.1, 0.15) is 37.0 Å². The van der Waals surface area contributed by atoms with Crippen LogP contribution < -0.4 is 0 Å². The summed E-state index contributed by atoms with van der Waals surface area (Å²) in [5.41, 5.74) is 0.0750. The lowest BCUT2D eigenvalue weighted by atomic mass is 9.88. The van der Waals surface area contributed by atoms with Crippen molar-refractivity contribution in [3.63, 3.8) is 0 Å². The Balaban J connectivity index is 3.48. The predicted molar refractivity (Wildman–Crippen MR) is 90.5 cm³/mol. The number of aryl methyl sites for hydroxylation is 1. The Morgan fingerprint density at radius 3 is 1.57 bits per heavy atom. The lowest BCUT2D eigenvalue weighted by Gasteiger charge is -2.42. The van der Waals surface area contributed by atoms with Gasteiger partial charge in [0.25, 0.3) is 0 Å². The van der Waals surface area contributed by atoms with Crippen molar-refractivity contribution in [3.05, 3.63) is 35.4 Å². The van der Waals surface area contributed by atoms with E-state index in [2.05, 4.69) is 4.74 Å². The van der Waals surface area contributed by atoms with Crippen LogP contribution in [0.25, 0.3) is 0 Å². The highest BCUT2D eigenvalue weighted by atomic mass is 19.4. The molecule has 1 aromatic rings. The maximum absolute atomic E-state index is 14.2. The van der Waals surface area contributed by atoms with Gasteiger partial charge >= 0.3 is 41.7 Å². The van der Waals surface area contributed by atoms with Gasteiger partial charge in [-0.15, -0.1) is 0 Å². The maximum atomic E-state index is 14.2. The summed E-state index contributed by atoms with van der Waals surface area (Å²) >= 11 is 0. The van der Waals surface area contributed by atoms with Gasteiger partial charge in [0.1, 0.15) is 0 Å². The zero-order valence-electron chi connectivity index (χ0n) is 17.6. The fraction of sp³-hybridized carbons (Fsp3) is 0.684. The highest BCUT2D eigenvalue weighted by Gasteiger charge is 2.93. The summed E-state index contributed by atoms with van der Waals surface area (Å²) < 4.78 is 204. The molecular formula is C19H17F15O. The van der Waals surface area contributed by atoms with Crippen LogP contribution in [0.15, 0.2) is 24.3 Å². The average molecular weight is 546 g/mol. The third kappa shape index (κ3) is 5.03. The molecule has 35 heavy (non-hydrogen) atoms. The Kier molecular flexibility index (Phi) is 8.49. The average Bonchev–Trinajstić information content (AvgIpc) is 2.70. The van der Waals surface area contributed by atoms with Crippen molar-refractivity contribution in [1.29, 1.82) is 0 Å². The summed E-state index contributed by atoms with van der Waals surface area (Å²) in [4.78, 5) is 0. The molecule has 0 radical (unpaired) electrons. The van der Waals surface area contributed by atoms with Gasteiger partial charge < -0.3 is 4.74 Å². The summed E-state index contributed by atoms with van der Waals surface area (Å²) in [6, 6.07) is 4.76. The van der Waals surface area contributed by atoms with Gasteiger partial charge in [0.2, 0.25) is 0 Å². The summed E-state index contributed by atoms with van der Waals surface area (Å²) in [6.07, 6.45) is -11.6. The normalized spacial score (nSPS) is 15.9. The van der Waals surface area contributed by atoms with E-state index in [0.29, 0.717) is 25.5 Å². The van der Waals surface area contributed by atoms with Gasteiger partial charge in [0.15, 0.2) is 0 Å². The van der Waals surface area contributed by atoms with E-state index in [1.54, 1.807) is 6.92 Å². The van der Waals surface area contributed by atoms with Crippen LogP contribution >= 0.6 is 0 Å². The minimum absolute atomic E-state index is 0.323. The first-order valence-corrected chi connectivity index (χ1v) is 9.41. The van der Waals surface area contributed by atoms with Crippen molar-refractivity contribution >= 4 is 0 Å². The molecule has 0 aliphatic heterocycles. The second-order valence-electron chi connectivity index (χ2n) is 7.50. The molecule has 1 unspecified atom stereocenters. The molecule has 0 aliphatic rings. The van der Waals surface area contributed by atoms with E-state index in [1.165, 1.54) is 12.1 Å². The van der Waals surface area contributed by atoms with E-state index in [0.717, 1.165) is 12.1 Å². The number of alkyl halides is 15. The van der Waals surface area contributed by atoms with Crippen LogP contribution in [0.5, 0.6) is 0 Å². The van der Waals surface area contributed by atoms with Crippen LogP contribution in [0.2, 0.25) is 0 Å². The predicted octanol–water partition coefficient (Wildman–Crippen LogP) is 8.09. The second kappa shape index (κ2) is 9.54. The monoisotopic (exact) mass is 546 g/mol. The smallest absolute Gasteiger partial charge is 0.377 e. The highest BCUT2D eigenvalue weighted by molar-refractivity contribution is 5.26. The SMILES string of the molecule is CCCc1cccc(C(CC(F)(F)C(F)(F)C(F)(F)C(F)(F)C(F)(F)C(F)(F)C(F)(F)F)OC)c1. The summed E-state index contributed by atoms with van der Waals surface area (Å²) in [7, 11) is 0.621. The van der Waals surface area contributed by atoms with E-state index in [-0.39, 0.29) is 5.56 Å². The Bertz CT molecular complexity index is 860. The Hall–Kier alpha value is -1.87. The van der Waals surface area contributed by atoms with Crippen LogP contribution in [-0.2, 0) is 11.2 Å². The summed E-state index contributed by atoms with van der Waals surface area (Å²) in [6.45, 7) is 1.69. The first-order valence-electron chi connectivity index (χ1n) is 9.41. The Morgan fingerprint density at radius 1 is 0.686 bits per heavy atom. The van der Waals surface area contributed by atoms with E-state index < -0.39 is 54.2 Å². The van der Waals surface area contributed by atoms with Crippen LogP contribution in [0.4, 0.5) is 65.9 Å². The second-order valence-corrected chi connectivity index (χ2v) is 7.50. The van der Waals surface area contributed by atoms with Gasteiger partial charge in [0.05, 0.1) is 6.10 Å². The molecule has 204 valence electrons. The van der Waals surface area contributed by atoms with E-state index in [9.17, 15) is 65.9 Å². The van der Waals surface area contributed by atoms with Gasteiger partial charge in [-0.2, -0.15) is 65.9 Å². The molecule has 0 fully saturated rings. The van der Waals surface area contributed by atoms with Gasteiger partial charge in [-0.25, -0.2) is 0 Å². The fourth-order valence-corrected chi connectivity index (χ4v) is 2.94. The zero-order chi connectivity index (χ0) is 27.9. The molecule has 0 aromatic heterocycles. The van der Waals surface area contributed by atoms with Crippen LogP contribution in [0, 0.1) is 0 Å². The number of ether oxygens (including phenoxy) is 1. The minimum Gasteiger partial charge on any atom is -0.377 e. The molecule has 1 nitrogen and oxygen atoms in total. The maximum Gasteiger partial charge on any atom is 0.460 e. The van der Waals surface area contributed by atoms with E-state index in [4.69, 9.17) is 0 Å². The quantitative estimate of drug-likeness (QED) is 0.255. The molecule has 0 saturated heterocycles. The number of halogens is 15. The van der Waals surface area contributed by atoms with Crippen molar-refractivity contribution in [1.82, 2.24) is 0 Å². The topological polar surface area (TPSA) is 9.23 Å². The molecule has 0 saturated carbocycles. The molecule has 1 rings (SSSR count). The molecule has 0 amide bonds. The van der Waals surface area contributed by atoms with Gasteiger partial charge in [0, 0.05) is 13.5 Å². The van der Waals surface area contributed by atoms with Crippen molar-refractivity contribution in [3.8, 4) is 0 Å². The third-order valence-electron chi connectivity index (χ3n) is 4.98. The number of rotatable bonds is 11. The summed E-state index contributed by atoms with van der Waals surface area (Å²) in [5, 5.41) is 0. The van der Waals surface area contributed by atoms with Gasteiger partial charge in [-0.05, 0) is 17.5 Å². The lowest BCUT2D eigenvalue weighted by molar-refractivity contribution is -0.453. The Morgan fingerprint density at radius 2 is 1.14 bits per heavy atom. The third-order valence-corrected chi connectivity index (χ3v) is 4.98. The first kappa shape index (κ1) is 31.2. The van der Waals surface area contributed by atoms with Gasteiger partial charge in [-0.1, -0.05) is 37.6 Å². The standard InChI is InChI=1S/C19H17F15O/c1-3-5-10-6-4-7-11(8-10)12(35-2)9-13(20,21)14(22,23)15(24,25)16(26,27)17(28,29)18(30,31)19(32,33)34/h4,6-8,12H,3,5,9H2,1-2H3. The molecule has 0 bridgehead atoms. The van der Waals surface area contributed by atoms with Crippen molar-refractivity contribution < 1.29 is 70.6 Å². The molecule has 0 heterocycles. The van der Waals surface area contributed by atoms with E-state index >= 15 is 0 Å². The summed E-state index contributed by atoms with van der Waals surface area (Å²) in [5.74, 6) is -46.6. The molecule has 1 atom stereocenters. The first-order chi connectivity index (χ1) is 15.5. The molecular weight excluding hydrogens is 529 g/mol. The van der Waals surface area contributed by atoms with Crippen LogP contribution in [0.3, 0.4) is 0 Å². The van der Waals surface area contributed by atoms with Crippen molar-refractivity contribution in [2.24, 2.45) is 0 Å². The lowest BCUT2D eigenvalue weighted by Crippen LogP contribution is -2.72. The van der Waals surface area contributed by atoms with Crippen molar-refractivity contribution in [2.75, 3.05) is 7.11 Å². The zero-order valence-corrected chi connectivity index (χ0v) is 17.6. The number of hydrogen-bond donors (Lipinski definition) is 0. The fourth-order valence-electron chi connectivity index (χ4n) is 2.94. The highest BCUT2D eigenvalue weighted by Crippen LogP contribution is 2.63. The van der Waals surface area contributed by atoms with Crippen molar-refractivity contribution in [2.45, 2.75) is 74.0 Å². The largest absolute Gasteiger partial charge is 0.460 e. The molecule has 0 aliphatic carbocycles. The molecule has 0 spiro atoms. The van der Waals surface area contributed by atoms with E-state index in [1.807, 2.05) is 0 Å². The molecule has 1 aromatic carbocycles. The molecule has 0 N–H and O–H groups in total. The minimum atomic E-state index is -8.30. The number of benzene rings is 1. The molecule has 16 heteroatoms. The number of methoxy groups -OCH3 is 1. The van der Waals surface area contributed by atoms with Crippen LogP contribution in [-0.4, -0.2) is 48.8 Å². The Labute approximate surface area is 188 Å². The van der Waals surface area contributed by atoms with Gasteiger partial charge in [-0.3, -0.25) is 0 Å².